The van der Waals surface area contributed by atoms with Gasteiger partial charge < -0.3 is 10.1 Å². The van der Waals surface area contributed by atoms with Crippen molar-refractivity contribution in [1.82, 2.24) is 5.32 Å². The lowest BCUT2D eigenvalue weighted by Crippen LogP contribution is -2.27. The third kappa shape index (κ3) is 4.30. The predicted molar refractivity (Wildman–Crippen MR) is 73.5 cm³/mol. The summed E-state index contributed by atoms with van der Waals surface area (Å²) in [5.41, 5.74) is 1.18. The second-order valence-electron chi connectivity index (χ2n) is 4.32. The molecular formula is C14H22ClNO. The fourth-order valence-electron chi connectivity index (χ4n) is 2.04. The summed E-state index contributed by atoms with van der Waals surface area (Å²) in [7, 11) is 1.74. The Morgan fingerprint density at radius 1 is 1.35 bits per heavy atom. The number of halogens is 1. The third-order valence-electron chi connectivity index (χ3n) is 3.01. The summed E-state index contributed by atoms with van der Waals surface area (Å²) in [5.74, 6) is 0.495. The Hall–Kier alpha value is -0.570. The van der Waals surface area contributed by atoms with Crippen LogP contribution in [-0.4, -0.2) is 20.3 Å². The molecule has 1 rings (SSSR count). The molecule has 0 spiro atoms. The van der Waals surface area contributed by atoms with Gasteiger partial charge in [0.05, 0.1) is 0 Å². The first kappa shape index (κ1) is 14.5. The first-order chi connectivity index (χ1) is 8.20. The molecule has 0 heterocycles. The molecule has 0 saturated carbocycles. The monoisotopic (exact) mass is 255 g/mol. The van der Waals surface area contributed by atoms with Gasteiger partial charge in [0, 0.05) is 24.8 Å². The van der Waals surface area contributed by atoms with E-state index in [0.29, 0.717) is 12.0 Å². The molecule has 0 bridgehead atoms. The number of methoxy groups -OCH3 is 1. The molecule has 2 nitrogen and oxygen atoms in total. The lowest BCUT2D eigenvalue weighted by molar-refractivity contribution is 0.170. The van der Waals surface area contributed by atoms with Gasteiger partial charge in [0.25, 0.3) is 0 Å². The lowest BCUT2D eigenvalue weighted by Gasteiger charge is -2.26. The second-order valence-corrected chi connectivity index (χ2v) is 4.72. The van der Waals surface area contributed by atoms with Gasteiger partial charge in [0.1, 0.15) is 0 Å². The molecule has 0 aromatic heterocycles. The van der Waals surface area contributed by atoms with E-state index >= 15 is 0 Å². The van der Waals surface area contributed by atoms with Crippen LogP contribution < -0.4 is 5.32 Å². The van der Waals surface area contributed by atoms with Crippen molar-refractivity contribution < 1.29 is 4.74 Å². The minimum absolute atomic E-state index is 0.295. The van der Waals surface area contributed by atoms with Crippen LogP contribution in [0.2, 0.25) is 5.02 Å². The van der Waals surface area contributed by atoms with Gasteiger partial charge in [0.15, 0.2) is 0 Å². The second kappa shape index (κ2) is 7.70. The number of benzene rings is 1. The van der Waals surface area contributed by atoms with Crippen molar-refractivity contribution in [2.24, 2.45) is 5.92 Å². The van der Waals surface area contributed by atoms with Gasteiger partial charge in [-0.2, -0.15) is 0 Å². The molecule has 0 aliphatic rings. The zero-order chi connectivity index (χ0) is 12.7. The summed E-state index contributed by atoms with van der Waals surface area (Å²) in [6, 6.07) is 8.34. The van der Waals surface area contributed by atoms with E-state index in [9.17, 15) is 0 Å². The Morgan fingerprint density at radius 3 is 2.65 bits per heavy atom. The van der Waals surface area contributed by atoms with Crippen LogP contribution in [0.25, 0.3) is 0 Å². The molecule has 3 heteroatoms. The maximum atomic E-state index is 6.26. The maximum absolute atomic E-state index is 6.26. The predicted octanol–water partition coefficient (Wildman–Crippen LogP) is 3.66. The topological polar surface area (TPSA) is 21.3 Å². The molecular weight excluding hydrogens is 234 g/mol. The van der Waals surface area contributed by atoms with Crippen molar-refractivity contribution >= 4 is 11.6 Å². The van der Waals surface area contributed by atoms with E-state index in [0.717, 1.165) is 24.6 Å². The smallest absolute Gasteiger partial charge is 0.0465 e. The first-order valence-corrected chi connectivity index (χ1v) is 6.55. The minimum atomic E-state index is 0.295. The summed E-state index contributed by atoms with van der Waals surface area (Å²) in [6.45, 7) is 6.07. The molecule has 0 aliphatic carbocycles. The van der Waals surface area contributed by atoms with Gasteiger partial charge in [-0.1, -0.05) is 43.6 Å². The molecule has 0 amide bonds. The van der Waals surface area contributed by atoms with Gasteiger partial charge in [-0.25, -0.2) is 0 Å². The van der Waals surface area contributed by atoms with E-state index in [4.69, 9.17) is 16.3 Å². The van der Waals surface area contributed by atoms with Crippen molar-refractivity contribution in [2.75, 3.05) is 20.3 Å². The summed E-state index contributed by atoms with van der Waals surface area (Å²) in [4.78, 5) is 0. The van der Waals surface area contributed by atoms with Crippen LogP contribution in [0.4, 0.5) is 0 Å². The lowest BCUT2D eigenvalue weighted by atomic mass is 9.92. The van der Waals surface area contributed by atoms with Crippen LogP contribution >= 0.6 is 11.6 Å². The van der Waals surface area contributed by atoms with Crippen LogP contribution in [0.3, 0.4) is 0 Å². The normalized spacial score (nSPS) is 14.6. The average molecular weight is 256 g/mol. The van der Waals surface area contributed by atoms with E-state index in [2.05, 4.69) is 25.2 Å². The molecule has 0 aliphatic heterocycles. The van der Waals surface area contributed by atoms with Crippen LogP contribution in [0.15, 0.2) is 24.3 Å². The summed E-state index contributed by atoms with van der Waals surface area (Å²) >= 11 is 6.26. The molecule has 0 radical (unpaired) electrons. The zero-order valence-corrected chi connectivity index (χ0v) is 11.6. The molecule has 1 aromatic carbocycles. The highest BCUT2D eigenvalue weighted by Crippen LogP contribution is 2.29. The van der Waals surface area contributed by atoms with Crippen molar-refractivity contribution in [1.29, 1.82) is 0 Å². The largest absolute Gasteiger partial charge is 0.385 e. The van der Waals surface area contributed by atoms with Gasteiger partial charge >= 0.3 is 0 Å². The average Bonchev–Trinajstić information content (AvgIpc) is 2.34. The van der Waals surface area contributed by atoms with E-state index in [1.807, 2.05) is 18.2 Å². The van der Waals surface area contributed by atoms with Gasteiger partial charge in [-0.05, 0) is 30.5 Å². The maximum Gasteiger partial charge on any atom is 0.0465 e. The fraction of sp³-hybridized carbons (Fsp3) is 0.571. The van der Waals surface area contributed by atoms with E-state index in [-0.39, 0.29) is 0 Å². The molecule has 1 aromatic rings. The molecule has 0 saturated heterocycles. The Balaban J connectivity index is 2.81. The van der Waals surface area contributed by atoms with Crippen LogP contribution in [0.5, 0.6) is 0 Å². The highest BCUT2D eigenvalue weighted by atomic mass is 35.5. The summed E-state index contributed by atoms with van der Waals surface area (Å²) in [5, 5.41) is 4.34. The number of hydrogen-bond donors (Lipinski definition) is 1. The number of hydrogen-bond acceptors (Lipinski definition) is 2. The zero-order valence-electron chi connectivity index (χ0n) is 10.9. The van der Waals surface area contributed by atoms with E-state index < -0.39 is 0 Å². The standard InChI is InChI=1S/C14H22ClNO/c1-4-16-14(11(2)9-10-17-3)12-7-5-6-8-13(12)15/h5-8,11,14,16H,4,9-10H2,1-3H3. The number of rotatable bonds is 7. The molecule has 2 unspecified atom stereocenters. The van der Waals surface area contributed by atoms with Crippen LogP contribution in [-0.2, 0) is 4.74 Å². The highest BCUT2D eigenvalue weighted by molar-refractivity contribution is 6.31. The van der Waals surface area contributed by atoms with Crippen LogP contribution in [0.1, 0.15) is 31.9 Å². The van der Waals surface area contributed by atoms with Gasteiger partial charge in [-0.3, -0.25) is 0 Å². The molecule has 96 valence electrons. The van der Waals surface area contributed by atoms with Crippen molar-refractivity contribution in [2.45, 2.75) is 26.3 Å². The molecule has 1 N–H and O–H groups in total. The first-order valence-electron chi connectivity index (χ1n) is 6.17. The summed E-state index contributed by atoms with van der Waals surface area (Å²) in [6.07, 6.45) is 1.03. The Labute approximate surface area is 109 Å². The Kier molecular flexibility index (Phi) is 6.56. The Bertz CT molecular complexity index is 330. The highest BCUT2D eigenvalue weighted by Gasteiger charge is 2.19. The Morgan fingerprint density at radius 2 is 2.06 bits per heavy atom. The summed E-state index contributed by atoms with van der Waals surface area (Å²) < 4.78 is 5.15. The third-order valence-corrected chi connectivity index (χ3v) is 3.35. The fourth-order valence-corrected chi connectivity index (χ4v) is 2.29. The van der Waals surface area contributed by atoms with E-state index in [1.54, 1.807) is 7.11 Å². The molecule has 17 heavy (non-hydrogen) atoms. The van der Waals surface area contributed by atoms with E-state index in [1.165, 1.54) is 5.56 Å². The number of nitrogens with one attached hydrogen (secondary N) is 1. The van der Waals surface area contributed by atoms with Gasteiger partial charge in [0.2, 0.25) is 0 Å². The molecule has 0 fully saturated rings. The molecule has 2 atom stereocenters. The minimum Gasteiger partial charge on any atom is -0.385 e. The van der Waals surface area contributed by atoms with Crippen molar-refractivity contribution in [3.63, 3.8) is 0 Å². The van der Waals surface area contributed by atoms with Gasteiger partial charge in [-0.15, -0.1) is 0 Å². The number of ether oxygens (including phenoxy) is 1. The van der Waals surface area contributed by atoms with Crippen molar-refractivity contribution in [3.05, 3.63) is 34.9 Å². The van der Waals surface area contributed by atoms with Crippen LogP contribution in [0, 0.1) is 5.92 Å². The SMILES string of the molecule is CCNC(c1ccccc1Cl)C(C)CCOC. The quantitative estimate of drug-likeness (QED) is 0.803. The van der Waals surface area contributed by atoms with Crippen molar-refractivity contribution in [3.8, 4) is 0 Å².